The number of nitrogen functional groups attached to an aromatic ring is 1. The van der Waals surface area contributed by atoms with Gasteiger partial charge in [0.1, 0.15) is 11.0 Å². The van der Waals surface area contributed by atoms with E-state index in [1.54, 1.807) is 38.2 Å². The van der Waals surface area contributed by atoms with E-state index in [-0.39, 0.29) is 12.5 Å². The molecule has 0 bridgehead atoms. The summed E-state index contributed by atoms with van der Waals surface area (Å²) in [5, 5.41) is 0.319. The molecule has 0 radical (unpaired) electrons. The quantitative estimate of drug-likeness (QED) is 0.798. The van der Waals surface area contributed by atoms with Crippen molar-refractivity contribution in [2.75, 3.05) is 38.3 Å². The Balaban J connectivity index is 2.80. The first-order chi connectivity index (χ1) is 7.40. The van der Waals surface area contributed by atoms with Gasteiger partial charge in [0.05, 0.1) is 6.54 Å². The van der Waals surface area contributed by atoms with Crippen molar-refractivity contribution in [1.29, 1.82) is 0 Å². The molecule has 0 aromatic carbocycles. The summed E-state index contributed by atoms with van der Waals surface area (Å²) in [5.41, 5.74) is 6.17. The van der Waals surface area contributed by atoms with Crippen LogP contribution in [0.3, 0.4) is 0 Å². The van der Waals surface area contributed by atoms with Crippen LogP contribution in [-0.4, -0.2) is 43.5 Å². The van der Waals surface area contributed by atoms with Crippen LogP contribution in [0, 0.1) is 0 Å². The van der Waals surface area contributed by atoms with Gasteiger partial charge in [0.25, 0.3) is 0 Å². The molecule has 0 aliphatic rings. The maximum atomic E-state index is 11.5. The summed E-state index contributed by atoms with van der Waals surface area (Å²) >= 11 is 5.78. The van der Waals surface area contributed by atoms with Crippen LogP contribution < -0.4 is 10.6 Å². The third kappa shape index (κ3) is 3.27. The Hall–Kier alpha value is -1.49. The average Bonchev–Trinajstić information content (AvgIpc) is 2.15. The first kappa shape index (κ1) is 12.6. The summed E-state index contributed by atoms with van der Waals surface area (Å²) in [6.07, 6.45) is 0. The highest BCUT2D eigenvalue weighted by Crippen LogP contribution is 2.18. The lowest BCUT2D eigenvalue weighted by Gasteiger charge is -2.20. The maximum absolute atomic E-state index is 11.5. The van der Waals surface area contributed by atoms with Crippen molar-refractivity contribution in [2.24, 2.45) is 0 Å². The van der Waals surface area contributed by atoms with E-state index in [2.05, 4.69) is 4.98 Å². The minimum absolute atomic E-state index is 0.0113. The fraction of sp³-hybridized carbons (Fsp3) is 0.400. The molecule has 1 amide bonds. The summed E-state index contributed by atoms with van der Waals surface area (Å²) in [5.74, 6) is 0.572. The van der Waals surface area contributed by atoms with E-state index in [0.717, 1.165) is 0 Å². The van der Waals surface area contributed by atoms with Gasteiger partial charge >= 0.3 is 0 Å². The number of anilines is 2. The van der Waals surface area contributed by atoms with Gasteiger partial charge < -0.3 is 15.5 Å². The van der Waals surface area contributed by atoms with Gasteiger partial charge in [-0.05, 0) is 6.07 Å². The van der Waals surface area contributed by atoms with Gasteiger partial charge in [-0.25, -0.2) is 4.98 Å². The number of aromatic nitrogens is 1. The zero-order chi connectivity index (χ0) is 12.3. The molecular weight excluding hydrogens is 228 g/mol. The molecule has 0 saturated carbocycles. The molecule has 2 N–H and O–H groups in total. The van der Waals surface area contributed by atoms with Gasteiger partial charge in [-0.3, -0.25) is 4.79 Å². The smallest absolute Gasteiger partial charge is 0.241 e. The number of amides is 1. The van der Waals surface area contributed by atoms with Gasteiger partial charge in [0.2, 0.25) is 5.91 Å². The molecule has 1 rings (SSSR count). The lowest BCUT2D eigenvalue weighted by atomic mass is 10.3. The monoisotopic (exact) mass is 242 g/mol. The van der Waals surface area contributed by atoms with Gasteiger partial charge in [0.15, 0.2) is 0 Å². The van der Waals surface area contributed by atoms with E-state index in [0.29, 0.717) is 16.7 Å². The number of rotatable bonds is 3. The second kappa shape index (κ2) is 5.03. The summed E-state index contributed by atoms with van der Waals surface area (Å²) in [4.78, 5) is 18.8. The minimum Gasteiger partial charge on any atom is -0.399 e. The lowest BCUT2D eigenvalue weighted by Crippen LogP contribution is -2.34. The number of halogens is 1. The van der Waals surface area contributed by atoms with Crippen molar-refractivity contribution >= 4 is 29.0 Å². The Morgan fingerprint density at radius 2 is 2.06 bits per heavy atom. The second-order valence-electron chi connectivity index (χ2n) is 3.73. The lowest BCUT2D eigenvalue weighted by molar-refractivity contribution is -0.127. The van der Waals surface area contributed by atoms with Gasteiger partial charge in [0, 0.05) is 32.9 Å². The van der Waals surface area contributed by atoms with Gasteiger partial charge in [-0.2, -0.15) is 0 Å². The normalized spacial score (nSPS) is 10.0. The first-order valence-corrected chi connectivity index (χ1v) is 5.12. The summed E-state index contributed by atoms with van der Waals surface area (Å²) in [6.45, 7) is 0.236. The predicted octanol–water partition coefficient (Wildman–Crippen LogP) is 0.842. The molecule has 0 fully saturated rings. The van der Waals surface area contributed by atoms with Crippen molar-refractivity contribution in [2.45, 2.75) is 0 Å². The molecule has 0 atom stereocenters. The van der Waals surface area contributed by atoms with Crippen LogP contribution in [0.5, 0.6) is 0 Å². The molecule has 5 nitrogen and oxygen atoms in total. The molecule has 0 aliphatic heterocycles. The molecule has 1 aromatic heterocycles. The molecule has 1 heterocycles. The van der Waals surface area contributed by atoms with Gasteiger partial charge in [-0.15, -0.1) is 0 Å². The van der Waals surface area contributed by atoms with Gasteiger partial charge in [-0.1, -0.05) is 11.6 Å². The van der Waals surface area contributed by atoms with E-state index in [1.807, 2.05) is 0 Å². The van der Waals surface area contributed by atoms with Crippen LogP contribution in [0.2, 0.25) is 5.15 Å². The van der Waals surface area contributed by atoms with Crippen LogP contribution >= 0.6 is 11.6 Å². The Bertz CT molecular complexity index is 374. The van der Waals surface area contributed by atoms with Crippen molar-refractivity contribution in [3.8, 4) is 0 Å². The number of likely N-dealkylation sites (N-methyl/N-ethyl adjacent to an activating group) is 2. The zero-order valence-corrected chi connectivity index (χ0v) is 10.3. The summed E-state index contributed by atoms with van der Waals surface area (Å²) in [7, 11) is 5.17. The first-order valence-electron chi connectivity index (χ1n) is 4.74. The van der Waals surface area contributed by atoms with Crippen LogP contribution in [-0.2, 0) is 4.79 Å². The summed E-state index contributed by atoms with van der Waals surface area (Å²) in [6, 6.07) is 3.24. The highest BCUT2D eigenvalue weighted by molar-refractivity contribution is 6.29. The second-order valence-corrected chi connectivity index (χ2v) is 4.11. The van der Waals surface area contributed by atoms with E-state index >= 15 is 0 Å². The van der Waals surface area contributed by atoms with Crippen molar-refractivity contribution < 1.29 is 4.79 Å². The topological polar surface area (TPSA) is 62.5 Å². The van der Waals surface area contributed by atoms with Crippen LogP contribution in [0.15, 0.2) is 12.1 Å². The number of hydrogen-bond acceptors (Lipinski definition) is 4. The molecular formula is C10H15ClN4O. The molecule has 0 spiro atoms. The molecule has 16 heavy (non-hydrogen) atoms. The molecule has 0 unspecified atom stereocenters. The molecule has 0 aliphatic carbocycles. The fourth-order valence-corrected chi connectivity index (χ4v) is 1.34. The van der Waals surface area contributed by atoms with Crippen molar-refractivity contribution in [3.05, 3.63) is 17.3 Å². The number of nitrogens with zero attached hydrogens (tertiary/aromatic N) is 3. The Morgan fingerprint density at radius 3 is 2.56 bits per heavy atom. The van der Waals surface area contributed by atoms with Crippen LogP contribution in [0.1, 0.15) is 0 Å². The van der Waals surface area contributed by atoms with E-state index in [4.69, 9.17) is 17.3 Å². The predicted molar refractivity (Wildman–Crippen MR) is 65.6 cm³/mol. The molecule has 0 saturated heterocycles. The molecule has 88 valence electrons. The van der Waals surface area contributed by atoms with Crippen LogP contribution in [0.25, 0.3) is 0 Å². The fourth-order valence-electron chi connectivity index (χ4n) is 1.12. The third-order valence-electron chi connectivity index (χ3n) is 2.07. The van der Waals surface area contributed by atoms with Crippen molar-refractivity contribution in [1.82, 2.24) is 9.88 Å². The number of carbonyl (C=O) groups excluding carboxylic acids is 1. The van der Waals surface area contributed by atoms with Crippen LogP contribution in [0.4, 0.5) is 11.5 Å². The Kier molecular flexibility index (Phi) is 3.95. The SMILES string of the molecule is CN(C)C(=O)CN(C)c1cc(N)cc(Cl)n1. The van der Waals surface area contributed by atoms with E-state index in [1.165, 1.54) is 4.90 Å². The van der Waals surface area contributed by atoms with E-state index in [9.17, 15) is 4.79 Å². The molecule has 6 heteroatoms. The van der Waals surface area contributed by atoms with E-state index < -0.39 is 0 Å². The largest absolute Gasteiger partial charge is 0.399 e. The zero-order valence-electron chi connectivity index (χ0n) is 9.57. The highest BCUT2D eigenvalue weighted by atomic mass is 35.5. The summed E-state index contributed by atoms with van der Waals surface area (Å²) < 4.78 is 0. The average molecular weight is 243 g/mol. The number of carbonyl (C=O) groups is 1. The number of pyridine rings is 1. The minimum atomic E-state index is -0.0113. The highest BCUT2D eigenvalue weighted by Gasteiger charge is 2.11. The maximum Gasteiger partial charge on any atom is 0.241 e. The third-order valence-corrected chi connectivity index (χ3v) is 2.26. The molecule has 1 aromatic rings. The number of hydrogen-bond donors (Lipinski definition) is 1. The number of nitrogens with two attached hydrogens (primary N) is 1. The van der Waals surface area contributed by atoms with Crippen molar-refractivity contribution in [3.63, 3.8) is 0 Å². The Morgan fingerprint density at radius 1 is 1.44 bits per heavy atom. The Labute approximate surface area is 99.8 Å². The standard InChI is InChI=1S/C10H15ClN4O/c1-14(2)10(16)6-15(3)9-5-7(12)4-8(11)13-9/h4-5H,6H2,1-3H3,(H2,12,13).